The Morgan fingerprint density at radius 1 is 1.60 bits per heavy atom. The van der Waals surface area contributed by atoms with Crippen LogP contribution in [0.2, 0.25) is 0 Å². The first-order chi connectivity index (χ1) is 9.55. The molecule has 5 nitrogen and oxygen atoms in total. The number of alkyl halides is 1. The second kappa shape index (κ2) is 5.14. The summed E-state index contributed by atoms with van der Waals surface area (Å²) >= 11 is 7.46. The quantitative estimate of drug-likeness (QED) is 0.879. The number of H-pyrrole nitrogens is 1. The van der Waals surface area contributed by atoms with Gasteiger partial charge in [0, 0.05) is 23.0 Å². The molecule has 0 bridgehead atoms. The highest BCUT2D eigenvalue weighted by atomic mass is 35.5. The summed E-state index contributed by atoms with van der Waals surface area (Å²) in [6, 6.07) is 1.84. The van der Waals surface area contributed by atoms with Crippen molar-refractivity contribution < 1.29 is 8.42 Å². The number of aromatic nitrogens is 2. The van der Waals surface area contributed by atoms with Gasteiger partial charge in [-0.1, -0.05) is 0 Å². The highest BCUT2D eigenvalue weighted by molar-refractivity contribution is 7.89. The van der Waals surface area contributed by atoms with Gasteiger partial charge in [0.2, 0.25) is 0 Å². The molecule has 2 aromatic rings. The number of hydrogen-bond donors (Lipinski definition) is 1. The largest absolute Gasteiger partial charge is 0.266 e. The first-order valence-corrected chi connectivity index (χ1v) is 9.07. The monoisotopic (exact) mass is 331 g/mol. The van der Waals surface area contributed by atoms with Gasteiger partial charge in [-0.25, -0.2) is 8.42 Å². The molecular formula is C12H14ClN3O2S2. The maximum absolute atomic E-state index is 12.8. The smallest absolute Gasteiger partial charge is 0.260 e. The molecule has 0 saturated heterocycles. The molecule has 0 aliphatic carbocycles. The zero-order valence-electron chi connectivity index (χ0n) is 10.8. The third-order valence-electron chi connectivity index (χ3n) is 3.61. The van der Waals surface area contributed by atoms with E-state index < -0.39 is 10.0 Å². The summed E-state index contributed by atoms with van der Waals surface area (Å²) in [6.45, 7) is 2.40. The Balaban J connectivity index is 2.01. The topological polar surface area (TPSA) is 66.1 Å². The van der Waals surface area contributed by atoms with Crippen LogP contribution in [0.5, 0.6) is 0 Å². The highest BCUT2D eigenvalue weighted by Gasteiger charge is 2.36. The normalized spacial score (nSPS) is 20.0. The third-order valence-corrected chi connectivity index (χ3v) is 6.88. The van der Waals surface area contributed by atoms with Gasteiger partial charge in [0.15, 0.2) is 5.03 Å². The second-order valence-corrected chi connectivity index (χ2v) is 7.79. The van der Waals surface area contributed by atoms with Crippen LogP contribution in [0.4, 0.5) is 0 Å². The summed E-state index contributed by atoms with van der Waals surface area (Å²) in [5.74, 6) is 0.122. The molecule has 0 spiro atoms. The highest BCUT2D eigenvalue weighted by Crippen LogP contribution is 2.36. The molecule has 1 aliphatic heterocycles. The minimum absolute atomic E-state index is 0.109. The van der Waals surface area contributed by atoms with E-state index in [9.17, 15) is 8.42 Å². The van der Waals surface area contributed by atoms with Crippen molar-refractivity contribution in [3.05, 3.63) is 33.6 Å². The Morgan fingerprint density at radius 2 is 2.40 bits per heavy atom. The molecule has 0 aromatic carbocycles. The molecule has 0 saturated carbocycles. The Bertz CT molecular complexity index is 723. The van der Waals surface area contributed by atoms with Gasteiger partial charge in [-0.3, -0.25) is 5.10 Å². The zero-order chi connectivity index (χ0) is 14.3. The van der Waals surface area contributed by atoms with Crippen molar-refractivity contribution in [2.24, 2.45) is 0 Å². The van der Waals surface area contributed by atoms with E-state index in [2.05, 4.69) is 10.2 Å². The number of nitrogens with zero attached hydrogens (tertiary/aromatic N) is 2. The zero-order valence-corrected chi connectivity index (χ0v) is 13.2. The fraction of sp³-hybridized carbons (Fsp3) is 0.417. The van der Waals surface area contributed by atoms with Crippen LogP contribution in [0, 0.1) is 0 Å². The van der Waals surface area contributed by atoms with Gasteiger partial charge in [0.05, 0.1) is 12.1 Å². The number of rotatable bonds is 3. The van der Waals surface area contributed by atoms with Gasteiger partial charge in [-0.05, 0) is 30.4 Å². The summed E-state index contributed by atoms with van der Waals surface area (Å²) in [4.78, 5) is 1.27. The Morgan fingerprint density at radius 3 is 3.15 bits per heavy atom. The number of thiophene rings is 1. The SMILES string of the molecule is CC1c2ccsc2CCN1S(=O)(=O)c1[nH]ncc1CCl. The van der Waals surface area contributed by atoms with Crippen molar-refractivity contribution in [3.8, 4) is 0 Å². The number of halogens is 1. The summed E-state index contributed by atoms with van der Waals surface area (Å²) in [6.07, 6.45) is 2.21. The van der Waals surface area contributed by atoms with Crippen LogP contribution in [0.1, 0.15) is 29.0 Å². The summed E-state index contributed by atoms with van der Waals surface area (Å²) in [5.41, 5.74) is 1.60. The number of fused-ring (bicyclic) bond motifs is 1. The minimum Gasteiger partial charge on any atom is -0.266 e. The first kappa shape index (κ1) is 14.1. The van der Waals surface area contributed by atoms with Crippen molar-refractivity contribution in [1.82, 2.24) is 14.5 Å². The summed E-state index contributed by atoms with van der Waals surface area (Å²) in [7, 11) is -3.60. The average molecular weight is 332 g/mol. The molecule has 3 rings (SSSR count). The molecule has 108 valence electrons. The minimum atomic E-state index is -3.60. The summed E-state index contributed by atoms with van der Waals surface area (Å²) < 4.78 is 27.1. The standard InChI is InChI=1S/C12H14ClN3O2S2/c1-8-10-3-5-19-11(10)2-4-16(8)20(17,18)12-9(6-13)7-14-15-12/h3,5,7-8H,2,4,6H2,1H3,(H,14,15). The lowest BCUT2D eigenvalue weighted by molar-refractivity contribution is 0.327. The van der Waals surface area contributed by atoms with E-state index in [1.807, 2.05) is 18.4 Å². The van der Waals surface area contributed by atoms with Crippen molar-refractivity contribution in [3.63, 3.8) is 0 Å². The number of sulfonamides is 1. The van der Waals surface area contributed by atoms with E-state index in [-0.39, 0.29) is 16.9 Å². The summed E-state index contributed by atoms with van der Waals surface area (Å²) in [5, 5.41) is 8.49. The molecule has 2 aromatic heterocycles. The van der Waals surface area contributed by atoms with E-state index in [1.165, 1.54) is 15.4 Å². The molecule has 0 fully saturated rings. The van der Waals surface area contributed by atoms with Crippen LogP contribution in [-0.4, -0.2) is 29.5 Å². The van der Waals surface area contributed by atoms with Crippen LogP contribution in [0.3, 0.4) is 0 Å². The fourth-order valence-electron chi connectivity index (χ4n) is 2.55. The van der Waals surface area contributed by atoms with Gasteiger partial charge >= 0.3 is 0 Å². The van der Waals surface area contributed by atoms with Crippen molar-refractivity contribution in [2.75, 3.05) is 6.54 Å². The molecule has 0 radical (unpaired) electrons. The molecular weight excluding hydrogens is 318 g/mol. The van der Waals surface area contributed by atoms with Crippen LogP contribution in [0.15, 0.2) is 22.7 Å². The van der Waals surface area contributed by atoms with Gasteiger partial charge in [-0.15, -0.1) is 22.9 Å². The van der Waals surface area contributed by atoms with Gasteiger partial charge in [0.1, 0.15) is 0 Å². The van der Waals surface area contributed by atoms with E-state index in [0.717, 1.165) is 12.0 Å². The Labute approximate surface area is 126 Å². The van der Waals surface area contributed by atoms with Crippen LogP contribution >= 0.6 is 22.9 Å². The second-order valence-electron chi connectivity index (χ2n) is 4.70. The molecule has 1 atom stereocenters. The maximum atomic E-state index is 12.8. The van der Waals surface area contributed by atoms with Crippen molar-refractivity contribution >= 4 is 33.0 Å². The van der Waals surface area contributed by atoms with Crippen LogP contribution < -0.4 is 0 Å². The van der Waals surface area contributed by atoms with E-state index in [4.69, 9.17) is 11.6 Å². The predicted molar refractivity (Wildman–Crippen MR) is 78.5 cm³/mol. The average Bonchev–Trinajstić information content (AvgIpc) is 3.07. The molecule has 1 aliphatic rings. The lowest BCUT2D eigenvalue weighted by atomic mass is 10.0. The molecule has 1 unspecified atom stereocenters. The Kier molecular flexibility index (Phi) is 3.62. The van der Waals surface area contributed by atoms with E-state index >= 15 is 0 Å². The molecule has 20 heavy (non-hydrogen) atoms. The first-order valence-electron chi connectivity index (χ1n) is 6.22. The van der Waals surface area contributed by atoms with Crippen LogP contribution in [-0.2, 0) is 22.3 Å². The molecule has 1 N–H and O–H groups in total. The van der Waals surface area contributed by atoms with Gasteiger partial charge in [-0.2, -0.15) is 9.40 Å². The van der Waals surface area contributed by atoms with Crippen molar-refractivity contribution in [1.29, 1.82) is 0 Å². The number of nitrogens with one attached hydrogen (secondary N) is 1. The molecule has 0 amide bonds. The van der Waals surface area contributed by atoms with E-state index in [0.29, 0.717) is 12.1 Å². The van der Waals surface area contributed by atoms with Gasteiger partial charge < -0.3 is 0 Å². The molecule has 3 heterocycles. The van der Waals surface area contributed by atoms with E-state index in [1.54, 1.807) is 11.3 Å². The fourth-order valence-corrected chi connectivity index (χ4v) is 5.51. The third kappa shape index (κ3) is 2.09. The number of aromatic amines is 1. The predicted octanol–water partition coefficient (Wildman–Crippen LogP) is 2.52. The lowest BCUT2D eigenvalue weighted by Gasteiger charge is -2.32. The maximum Gasteiger partial charge on any atom is 0.260 e. The van der Waals surface area contributed by atoms with Crippen LogP contribution in [0.25, 0.3) is 0 Å². The van der Waals surface area contributed by atoms with Crippen molar-refractivity contribution in [2.45, 2.75) is 30.3 Å². The van der Waals surface area contributed by atoms with Gasteiger partial charge in [0.25, 0.3) is 10.0 Å². The molecule has 8 heteroatoms. The number of hydrogen-bond acceptors (Lipinski definition) is 4. The Hall–Kier alpha value is -0.890. The lowest BCUT2D eigenvalue weighted by Crippen LogP contribution is -2.38.